The summed E-state index contributed by atoms with van der Waals surface area (Å²) >= 11 is 0. The fraction of sp³-hybridized carbons (Fsp3) is 0.471. The summed E-state index contributed by atoms with van der Waals surface area (Å²) in [4.78, 5) is 12.4. The van der Waals surface area contributed by atoms with E-state index in [9.17, 15) is 4.79 Å². The number of anilines is 1. The summed E-state index contributed by atoms with van der Waals surface area (Å²) in [5.74, 6) is 0.763. The van der Waals surface area contributed by atoms with Gasteiger partial charge in [-0.25, -0.2) is 0 Å². The predicted molar refractivity (Wildman–Crippen MR) is 91.3 cm³/mol. The van der Waals surface area contributed by atoms with Crippen molar-refractivity contribution in [3.63, 3.8) is 0 Å². The highest BCUT2D eigenvalue weighted by Crippen LogP contribution is 2.20. The van der Waals surface area contributed by atoms with Crippen LogP contribution in [0.4, 0.5) is 5.82 Å². The molecule has 7 nitrogen and oxygen atoms in total. The lowest BCUT2D eigenvalue weighted by atomic mass is 9.95. The van der Waals surface area contributed by atoms with E-state index in [-0.39, 0.29) is 23.5 Å². The second-order valence-corrected chi connectivity index (χ2v) is 5.97. The molecule has 1 aromatic heterocycles. The first-order chi connectivity index (χ1) is 11.7. The van der Waals surface area contributed by atoms with E-state index >= 15 is 0 Å². The Kier molecular flexibility index (Phi) is 4.98. The van der Waals surface area contributed by atoms with Crippen molar-refractivity contribution in [1.82, 2.24) is 20.3 Å². The predicted octanol–water partition coefficient (Wildman–Crippen LogP) is 2.31. The lowest BCUT2D eigenvalue weighted by Crippen LogP contribution is -2.36. The van der Waals surface area contributed by atoms with Crippen molar-refractivity contribution in [1.29, 1.82) is 0 Å². The molecule has 1 aliphatic rings. The molecule has 0 radical (unpaired) electrons. The molecule has 0 aliphatic heterocycles. The third kappa shape index (κ3) is 3.50. The second kappa shape index (κ2) is 7.33. The van der Waals surface area contributed by atoms with Gasteiger partial charge in [0.05, 0.1) is 12.3 Å². The van der Waals surface area contributed by atoms with E-state index in [1.807, 2.05) is 31.2 Å². The molecule has 2 aromatic rings. The summed E-state index contributed by atoms with van der Waals surface area (Å²) < 4.78 is 6.88. The molecule has 1 saturated carbocycles. The number of rotatable bonds is 5. The molecule has 1 amide bonds. The average molecular weight is 329 g/mol. The summed E-state index contributed by atoms with van der Waals surface area (Å²) in [5.41, 5.74) is 7.00. The van der Waals surface area contributed by atoms with Crippen LogP contribution in [0.2, 0.25) is 0 Å². The van der Waals surface area contributed by atoms with E-state index in [4.69, 9.17) is 10.5 Å². The standard InChI is InChI=1S/C17H23N5O2/c1-2-24-14-10-8-13(9-11-14)22-16(18)15(20-21-22)17(23)19-12-6-4-3-5-7-12/h8-12H,2-7,18H2,1H3,(H,19,23). The SMILES string of the molecule is CCOc1ccc(-n2nnc(C(=O)NC3CCCCC3)c2N)cc1. The molecular formula is C17H23N5O2. The van der Waals surface area contributed by atoms with Gasteiger partial charge in [0.1, 0.15) is 5.75 Å². The summed E-state index contributed by atoms with van der Waals surface area (Å²) in [7, 11) is 0. The fourth-order valence-electron chi connectivity index (χ4n) is 2.99. The molecule has 0 spiro atoms. The molecule has 0 atom stereocenters. The molecule has 7 heteroatoms. The normalized spacial score (nSPS) is 15.2. The molecule has 3 N–H and O–H groups in total. The van der Waals surface area contributed by atoms with E-state index in [1.54, 1.807) is 0 Å². The van der Waals surface area contributed by atoms with Gasteiger partial charge >= 0.3 is 0 Å². The molecule has 0 bridgehead atoms. The molecule has 1 heterocycles. The van der Waals surface area contributed by atoms with Gasteiger partial charge < -0.3 is 15.8 Å². The third-order valence-electron chi connectivity index (χ3n) is 4.25. The number of ether oxygens (including phenoxy) is 1. The first-order valence-electron chi connectivity index (χ1n) is 8.44. The molecule has 0 unspecified atom stereocenters. The Morgan fingerprint density at radius 1 is 1.29 bits per heavy atom. The van der Waals surface area contributed by atoms with Crippen LogP contribution in [0, 0.1) is 0 Å². The van der Waals surface area contributed by atoms with Gasteiger partial charge in [-0.2, -0.15) is 4.68 Å². The number of carbonyl (C=O) groups excluding carboxylic acids is 1. The fourth-order valence-corrected chi connectivity index (χ4v) is 2.99. The van der Waals surface area contributed by atoms with Gasteiger partial charge in [0, 0.05) is 6.04 Å². The topological polar surface area (TPSA) is 95.1 Å². The van der Waals surface area contributed by atoms with Gasteiger partial charge in [-0.3, -0.25) is 4.79 Å². The van der Waals surface area contributed by atoms with Crippen molar-refractivity contribution >= 4 is 11.7 Å². The molecule has 3 rings (SSSR count). The minimum absolute atomic E-state index is 0.175. The largest absolute Gasteiger partial charge is 0.494 e. The van der Waals surface area contributed by atoms with Crippen molar-refractivity contribution in [3.05, 3.63) is 30.0 Å². The summed E-state index contributed by atoms with van der Waals surface area (Å²) in [6.45, 7) is 2.54. The maximum absolute atomic E-state index is 12.4. The number of hydrogen-bond donors (Lipinski definition) is 2. The number of amides is 1. The quantitative estimate of drug-likeness (QED) is 0.877. The van der Waals surface area contributed by atoms with Crippen molar-refractivity contribution in [2.75, 3.05) is 12.3 Å². The smallest absolute Gasteiger partial charge is 0.275 e. The van der Waals surface area contributed by atoms with Crippen molar-refractivity contribution < 1.29 is 9.53 Å². The van der Waals surface area contributed by atoms with Crippen LogP contribution in [-0.4, -0.2) is 33.5 Å². The molecule has 24 heavy (non-hydrogen) atoms. The summed E-state index contributed by atoms with van der Waals surface area (Å²) in [6, 6.07) is 7.54. The van der Waals surface area contributed by atoms with E-state index in [0.717, 1.165) is 37.1 Å². The van der Waals surface area contributed by atoms with E-state index in [2.05, 4.69) is 15.6 Å². The highest BCUT2D eigenvalue weighted by molar-refractivity contribution is 5.96. The number of aromatic nitrogens is 3. The van der Waals surface area contributed by atoms with Gasteiger partial charge in [-0.05, 0) is 44.0 Å². The number of nitrogen functional groups attached to an aromatic ring is 1. The van der Waals surface area contributed by atoms with Crippen molar-refractivity contribution in [2.45, 2.75) is 45.1 Å². The number of hydrogen-bond acceptors (Lipinski definition) is 5. The molecular weight excluding hydrogens is 306 g/mol. The van der Waals surface area contributed by atoms with E-state index in [1.165, 1.54) is 11.1 Å². The number of nitrogens with one attached hydrogen (secondary N) is 1. The maximum Gasteiger partial charge on any atom is 0.275 e. The van der Waals surface area contributed by atoms with Crippen LogP contribution in [0.25, 0.3) is 5.69 Å². The second-order valence-electron chi connectivity index (χ2n) is 5.97. The Labute approximate surface area is 141 Å². The van der Waals surface area contributed by atoms with Crippen LogP contribution in [0.15, 0.2) is 24.3 Å². The number of benzene rings is 1. The van der Waals surface area contributed by atoms with Crippen LogP contribution < -0.4 is 15.8 Å². The monoisotopic (exact) mass is 329 g/mol. The zero-order valence-corrected chi connectivity index (χ0v) is 13.9. The van der Waals surface area contributed by atoms with Crippen molar-refractivity contribution in [3.8, 4) is 11.4 Å². The minimum Gasteiger partial charge on any atom is -0.494 e. The molecule has 1 fully saturated rings. The first-order valence-corrected chi connectivity index (χ1v) is 8.44. The Morgan fingerprint density at radius 3 is 2.67 bits per heavy atom. The van der Waals surface area contributed by atoms with Crippen LogP contribution in [0.3, 0.4) is 0 Å². The van der Waals surface area contributed by atoms with Crippen LogP contribution in [-0.2, 0) is 0 Å². The zero-order valence-electron chi connectivity index (χ0n) is 13.9. The van der Waals surface area contributed by atoms with Gasteiger partial charge in [-0.15, -0.1) is 5.10 Å². The van der Waals surface area contributed by atoms with Crippen molar-refractivity contribution in [2.24, 2.45) is 0 Å². The Balaban J connectivity index is 1.73. The Hall–Kier alpha value is -2.57. The number of carbonyl (C=O) groups is 1. The highest BCUT2D eigenvalue weighted by Gasteiger charge is 2.22. The Morgan fingerprint density at radius 2 is 2.00 bits per heavy atom. The molecule has 128 valence electrons. The van der Waals surface area contributed by atoms with E-state index in [0.29, 0.717) is 6.61 Å². The average Bonchev–Trinajstić information content (AvgIpc) is 2.98. The van der Waals surface area contributed by atoms with E-state index < -0.39 is 0 Å². The lowest BCUT2D eigenvalue weighted by molar-refractivity contribution is 0.0923. The van der Waals surface area contributed by atoms with Gasteiger partial charge in [0.15, 0.2) is 11.5 Å². The zero-order chi connectivity index (χ0) is 16.9. The number of nitrogens with two attached hydrogens (primary N) is 1. The molecule has 0 saturated heterocycles. The van der Waals surface area contributed by atoms with Crippen LogP contribution in [0.5, 0.6) is 5.75 Å². The van der Waals surface area contributed by atoms with Gasteiger partial charge in [-0.1, -0.05) is 24.5 Å². The Bertz CT molecular complexity index is 690. The number of nitrogens with zero attached hydrogens (tertiary/aromatic N) is 3. The minimum atomic E-state index is -0.253. The third-order valence-corrected chi connectivity index (χ3v) is 4.25. The highest BCUT2D eigenvalue weighted by atomic mass is 16.5. The lowest BCUT2D eigenvalue weighted by Gasteiger charge is -2.22. The molecule has 1 aromatic carbocycles. The maximum atomic E-state index is 12.4. The van der Waals surface area contributed by atoms with Gasteiger partial charge in [0.2, 0.25) is 0 Å². The van der Waals surface area contributed by atoms with Crippen LogP contribution >= 0.6 is 0 Å². The first kappa shape index (κ1) is 16.3. The van der Waals surface area contributed by atoms with Crippen LogP contribution in [0.1, 0.15) is 49.5 Å². The summed E-state index contributed by atoms with van der Waals surface area (Å²) in [5, 5.41) is 11.0. The molecule has 1 aliphatic carbocycles. The van der Waals surface area contributed by atoms with Gasteiger partial charge in [0.25, 0.3) is 5.91 Å². The summed E-state index contributed by atoms with van der Waals surface area (Å²) in [6.07, 6.45) is 5.57.